The Morgan fingerprint density at radius 3 is 2.50 bits per heavy atom. The quantitative estimate of drug-likeness (QED) is 0.399. The minimum Gasteiger partial charge on any atom is -0.666 e. The Balaban J connectivity index is 0.000000810. The van der Waals surface area contributed by atoms with Crippen molar-refractivity contribution in [2.45, 2.75) is 19.9 Å². The van der Waals surface area contributed by atoms with Crippen LogP contribution in [0.2, 0.25) is 0 Å². The van der Waals surface area contributed by atoms with Crippen molar-refractivity contribution in [3.8, 4) is 0 Å². The molecule has 0 amide bonds. The molecule has 0 bridgehead atoms. The predicted octanol–water partition coefficient (Wildman–Crippen LogP) is -0.580. The molecule has 0 aliphatic carbocycles. The number of rotatable bonds is 1. The summed E-state index contributed by atoms with van der Waals surface area (Å²) in [6, 6.07) is 0.488. The molecule has 1 nitrogen and oxygen atoms in total. The average molecular weight is 183 g/mol. The van der Waals surface area contributed by atoms with E-state index in [0.717, 1.165) is 10.1 Å². The summed E-state index contributed by atoms with van der Waals surface area (Å²) in [5, 5.41) is 4.28. The van der Waals surface area contributed by atoms with Crippen LogP contribution >= 0.6 is 24.0 Å². The SMILES string of the molecule is CC(C)[C@H]1CSC(=S)[N-]1.[Na+]. The fourth-order valence-electron chi connectivity index (χ4n) is 0.708. The van der Waals surface area contributed by atoms with Gasteiger partial charge in [-0.2, -0.15) is 0 Å². The van der Waals surface area contributed by atoms with E-state index in [-0.39, 0.29) is 29.6 Å². The van der Waals surface area contributed by atoms with Crippen LogP contribution in [0.1, 0.15) is 13.8 Å². The topological polar surface area (TPSA) is 14.1 Å². The molecule has 0 radical (unpaired) electrons. The average Bonchev–Trinajstić information content (AvgIpc) is 2.14. The van der Waals surface area contributed by atoms with Crippen molar-refractivity contribution in [1.82, 2.24) is 0 Å². The van der Waals surface area contributed by atoms with Gasteiger partial charge in [-0.15, -0.1) is 17.8 Å². The van der Waals surface area contributed by atoms with E-state index in [1.807, 2.05) is 0 Å². The third-order valence-electron chi connectivity index (χ3n) is 1.42. The van der Waals surface area contributed by atoms with E-state index < -0.39 is 0 Å². The second-order valence-electron chi connectivity index (χ2n) is 2.52. The van der Waals surface area contributed by atoms with E-state index >= 15 is 0 Å². The van der Waals surface area contributed by atoms with Crippen molar-refractivity contribution < 1.29 is 29.6 Å². The van der Waals surface area contributed by atoms with Gasteiger partial charge in [-0.25, -0.2) is 0 Å². The number of hydrogen-bond donors (Lipinski definition) is 0. The summed E-state index contributed by atoms with van der Waals surface area (Å²) in [6.45, 7) is 4.37. The fourth-order valence-corrected chi connectivity index (χ4v) is 2.03. The molecule has 4 heteroatoms. The third-order valence-corrected chi connectivity index (χ3v) is 2.74. The summed E-state index contributed by atoms with van der Waals surface area (Å²) < 4.78 is 0.841. The van der Waals surface area contributed by atoms with Crippen molar-refractivity contribution in [1.29, 1.82) is 0 Å². The molecule has 0 aromatic heterocycles. The zero-order valence-electron chi connectivity index (χ0n) is 6.63. The van der Waals surface area contributed by atoms with E-state index in [1.54, 1.807) is 11.8 Å². The fraction of sp³-hybridized carbons (Fsp3) is 0.833. The maximum atomic E-state index is 4.91. The minimum absolute atomic E-state index is 0. The summed E-state index contributed by atoms with van der Waals surface area (Å²) in [6.07, 6.45) is 0. The second-order valence-corrected chi connectivity index (χ2v) is 4.17. The molecule has 1 aliphatic heterocycles. The van der Waals surface area contributed by atoms with Gasteiger partial charge in [0.05, 0.1) is 0 Å². The second kappa shape index (κ2) is 4.99. The van der Waals surface area contributed by atoms with Crippen LogP contribution < -0.4 is 29.6 Å². The zero-order chi connectivity index (χ0) is 6.85. The molecule has 52 valence electrons. The van der Waals surface area contributed by atoms with E-state index in [4.69, 9.17) is 12.2 Å². The van der Waals surface area contributed by atoms with Crippen LogP contribution in [0.5, 0.6) is 0 Å². The molecule has 0 aromatic rings. The summed E-state index contributed by atoms with van der Waals surface area (Å²) in [7, 11) is 0. The summed E-state index contributed by atoms with van der Waals surface area (Å²) in [4.78, 5) is 0. The van der Waals surface area contributed by atoms with Crippen LogP contribution in [-0.4, -0.2) is 16.1 Å². The number of nitrogens with zero attached hydrogens (tertiary/aromatic N) is 1. The zero-order valence-corrected chi connectivity index (χ0v) is 10.3. The van der Waals surface area contributed by atoms with Crippen molar-refractivity contribution >= 4 is 28.3 Å². The molecule has 1 saturated heterocycles. The summed E-state index contributed by atoms with van der Waals surface area (Å²) in [5.41, 5.74) is 0. The molecular weight excluding hydrogens is 173 g/mol. The van der Waals surface area contributed by atoms with Gasteiger partial charge < -0.3 is 5.32 Å². The molecule has 1 heterocycles. The Kier molecular flexibility index (Phi) is 5.61. The van der Waals surface area contributed by atoms with Gasteiger partial charge in [0.1, 0.15) is 0 Å². The Labute approximate surface area is 94.0 Å². The van der Waals surface area contributed by atoms with Crippen LogP contribution in [-0.2, 0) is 0 Å². The molecule has 1 aliphatic rings. The standard InChI is InChI=1S/C6H11NS2.Na/c1-4(2)5-3-9-6(8)7-5;/h4-5H,3H2,1-2H3,(H,7,8);/q;+1/p-1/t5-;/m1./s1. The van der Waals surface area contributed by atoms with E-state index in [0.29, 0.717) is 12.0 Å². The van der Waals surface area contributed by atoms with E-state index in [1.165, 1.54) is 0 Å². The van der Waals surface area contributed by atoms with Gasteiger partial charge in [-0.1, -0.05) is 32.0 Å². The molecule has 0 N–H and O–H groups in total. The Hall–Kier alpha value is 1.24. The first-order valence-electron chi connectivity index (χ1n) is 3.08. The maximum absolute atomic E-state index is 4.91. The van der Waals surface area contributed by atoms with Crippen molar-refractivity contribution in [3.63, 3.8) is 0 Å². The smallest absolute Gasteiger partial charge is 0.666 e. The maximum Gasteiger partial charge on any atom is 1.00 e. The number of thioether (sulfide) groups is 1. The molecule has 0 aromatic carbocycles. The predicted molar refractivity (Wildman–Crippen MR) is 47.0 cm³/mol. The minimum atomic E-state index is 0. The van der Waals surface area contributed by atoms with Gasteiger partial charge in [-0.3, -0.25) is 0 Å². The van der Waals surface area contributed by atoms with Crippen LogP contribution in [0.25, 0.3) is 5.32 Å². The molecule has 0 spiro atoms. The molecule has 10 heavy (non-hydrogen) atoms. The van der Waals surface area contributed by atoms with Gasteiger partial charge in [-0.05, 0) is 10.1 Å². The van der Waals surface area contributed by atoms with Crippen LogP contribution in [0.15, 0.2) is 0 Å². The molecule has 1 atom stereocenters. The van der Waals surface area contributed by atoms with Gasteiger partial charge >= 0.3 is 29.6 Å². The summed E-state index contributed by atoms with van der Waals surface area (Å²) >= 11 is 6.61. The summed E-state index contributed by atoms with van der Waals surface area (Å²) in [5.74, 6) is 1.74. The molecule has 0 unspecified atom stereocenters. The van der Waals surface area contributed by atoms with Crippen molar-refractivity contribution in [2.24, 2.45) is 5.92 Å². The first-order chi connectivity index (χ1) is 4.20. The molecular formula is C6H10NNaS2. The first kappa shape index (κ1) is 11.2. The van der Waals surface area contributed by atoms with Crippen molar-refractivity contribution in [2.75, 3.05) is 5.75 Å². The molecule has 1 rings (SSSR count). The van der Waals surface area contributed by atoms with Gasteiger partial charge in [0.15, 0.2) is 0 Å². The van der Waals surface area contributed by atoms with Gasteiger partial charge in [0.2, 0.25) is 0 Å². The molecule has 1 fully saturated rings. The van der Waals surface area contributed by atoms with E-state index in [9.17, 15) is 0 Å². The van der Waals surface area contributed by atoms with Gasteiger partial charge in [0, 0.05) is 0 Å². The van der Waals surface area contributed by atoms with Crippen LogP contribution in [0.4, 0.5) is 0 Å². The monoisotopic (exact) mass is 183 g/mol. The normalized spacial score (nSPS) is 24.3. The van der Waals surface area contributed by atoms with E-state index in [2.05, 4.69) is 19.2 Å². The largest absolute Gasteiger partial charge is 1.00 e. The Bertz CT molecular complexity index is 127. The number of hydrogen-bond acceptors (Lipinski definition) is 2. The van der Waals surface area contributed by atoms with Crippen molar-refractivity contribution in [3.05, 3.63) is 5.32 Å². The third kappa shape index (κ3) is 3.09. The van der Waals surface area contributed by atoms with Crippen LogP contribution in [0, 0.1) is 5.92 Å². The Morgan fingerprint density at radius 1 is 1.70 bits per heavy atom. The Morgan fingerprint density at radius 2 is 2.30 bits per heavy atom. The van der Waals surface area contributed by atoms with Gasteiger partial charge in [0.25, 0.3) is 0 Å². The molecule has 0 saturated carbocycles. The first-order valence-corrected chi connectivity index (χ1v) is 4.47. The van der Waals surface area contributed by atoms with Crippen LogP contribution in [0.3, 0.4) is 0 Å². The number of thiocarbonyl (C=S) groups is 1.